The first-order valence-electron chi connectivity index (χ1n) is 11.5. The van der Waals surface area contributed by atoms with E-state index < -0.39 is 0 Å². The van der Waals surface area contributed by atoms with E-state index >= 15 is 0 Å². The van der Waals surface area contributed by atoms with Crippen LogP contribution in [0.5, 0.6) is 11.5 Å². The molecule has 0 saturated carbocycles. The topological polar surface area (TPSA) is 80.9 Å². The number of benzene rings is 3. The number of furan rings is 2. The normalized spacial score (nSPS) is 11.0. The van der Waals surface area contributed by atoms with Gasteiger partial charge in [-0.05, 0) is 72.3 Å². The van der Waals surface area contributed by atoms with Gasteiger partial charge < -0.3 is 18.3 Å². The Morgan fingerprint density at radius 2 is 1.47 bits per heavy atom. The van der Waals surface area contributed by atoms with Gasteiger partial charge >= 0.3 is 0 Å². The lowest BCUT2D eigenvalue weighted by atomic mass is 9.98. The highest BCUT2D eigenvalue weighted by Gasteiger charge is 2.23. The van der Waals surface area contributed by atoms with Crippen LogP contribution in [-0.4, -0.2) is 20.4 Å². The monoisotopic (exact) mass is 542 g/mol. The molecule has 0 radical (unpaired) electrons. The molecule has 0 aliphatic carbocycles. The van der Waals surface area contributed by atoms with Crippen molar-refractivity contribution in [1.29, 1.82) is 5.26 Å². The van der Waals surface area contributed by atoms with Crippen LogP contribution in [0.3, 0.4) is 0 Å². The molecule has 0 fully saturated rings. The predicted octanol–water partition coefficient (Wildman–Crippen LogP) is 8.82. The second-order valence-corrected chi connectivity index (χ2v) is 8.98. The molecule has 188 valence electrons. The second kappa shape index (κ2) is 10.9. The highest BCUT2D eigenvalue weighted by atomic mass is 35.5. The lowest BCUT2D eigenvalue weighted by Crippen LogP contribution is -1.86. The van der Waals surface area contributed by atoms with Gasteiger partial charge in [0.05, 0.1) is 25.5 Å². The standard InChI is InChI=1S/C30H20Cl2N2O4/c1-35-21-8-3-18(4-9-21)28-25(16-33)30(38-29(28)19-5-10-22(36-2)11-6-19)34-17-23-12-14-27(37-23)24-15-20(31)7-13-26(24)32/h3-15,17H,1-2H3/b34-17+. The Kier molecular flexibility index (Phi) is 7.23. The Morgan fingerprint density at radius 1 is 0.816 bits per heavy atom. The third-order valence-corrected chi connectivity index (χ3v) is 6.43. The van der Waals surface area contributed by atoms with Crippen LogP contribution < -0.4 is 9.47 Å². The molecule has 0 unspecified atom stereocenters. The molecule has 5 rings (SSSR count). The van der Waals surface area contributed by atoms with Crippen LogP contribution in [0.1, 0.15) is 11.3 Å². The molecule has 2 heterocycles. The fourth-order valence-corrected chi connectivity index (χ4v) is 4.35. The Morgan fingerprint density at radius 3 is 2.11 bits per heavy atom. The van der Waals surface area contributed by atoms with E-state index in [9.17, 15) is 5.26 Å². The fourth-order valence-electron chi connectivity index (χ4n) is 3.97. The third kappa shape index (κ3) is 5.03. The summed E-state index contributed by atoms with van der Waals surface area (Å²) in [4.78, 5) is 4.48. The average Bonchev–Trinajstić information content (AvgIpc) is 3.58. The van der Waals surface area contributed by atoms with Gasteiger partial charge in [-0.15, -0.1) is 0 Å². The van der Waals surface area contributed by atoms with Crippen LogP contribution in [0, 0.1) is 11.3 Å². The van der Waals surface area contributed by atoms with E-state index in [1.807, 2.05) is 48.5 Å². The first kappa shape index (κ1) is 25.2. The van der Waals surface area contributed by atoms with Crippen molar-refractivity contribution in [2.24, 2.45) is 4.99 Å². The lowest BCUT2D eigenvalue weighted by molar-refractivity contribution is 0.414. The molecule has 0 aliphatic heterocycles. The molecule has 0 spiro atoms. The number of rotatable bonds is 7. The molecule has 2 aromatic heterocycles. The highest BCUT2D eigenvalue weighted by molar-refractivity contribution is 6.35. The molecule has 5 aromatic rings. The van der Waals surface area contributed by atoms with Crippen molar-refractivity contribution in [2.45, 2.75) is 0 Å². The van der Waals surface area contributed by atoms with Crippen molar-refractivity contribution >= 4 is 35.3 Å². The zero-order chi connectivity index (χ0) is 26.6. The first-order valence-corrected chi connectivity index (χ1v) is 12.2. The van der Waals surface area contributed by atoms with Gasteiger partial charge in [0, 0.05) is 21.7 Å². The van der Waals surface area contributed by atoms with Crippen LogP contribution in [0.15, 0.2) is 92.7 Å². The summed E-state index contributed by atoms with van der Waals surface area (Å²) < 4.78 is 22.7. The van der Waals surface area contributed by atoms with Gasteiger partial charge in [-0.25, -0.2) is 4.99 Å². The van der Waals surface area contributed by atoms with E-state index in [0.29, 0.717) is 55.5 Å². The van der Waals surface area contributed by atoms with Crippen LogP contribution >= 0.6 is 23.2 Å². The molecule has 0 bridgehead atoms. The van der Waals surface area contributed by atoms with Crippen molar-refractivity contribution < 1.29 is 18.3 Å². The van der Waals surface area contributed by atoms with E-state index in [1.165, 1.54) is 6.21 Å². The number of aliphatic imine (C=N–C) groups is 1. The fraction of sp³-hybridized carbons (Fsp3) is 0.0667. The van der Waals surface area contributed by atoms with E-state index in [0.717, 1.165) is 11.1 Å². The summed E-state index contributed by atoms with van der Waals surface area (Å²) in [7, 11) is 3.20. The number of halogens is 2. The number of methoxy groups -OCH3 is 2. The van der Waals surface area contributed by atoms with Crippen molar-refractivity contribution in [2.75, 3.05) is 14.2 Å². The van der Waals surface area contributed by atoms with E-state index in [1.54, 1.807) is 44.6 Å². The summed E-state index contributed by atoms with van der Waals surface area (Å²) >= 11 is 12.4. The number of ether oxygens (including phenoxy) is 2. The molecule has 0 N–H and O–H groups in total. The van der Waals surface area contributed by atoms with Gasteiger partial charge in [0.25, 0.3) is 0 Å². The van der Waals surface area contributed by atoms with Crippen LogP contribution in [0.25, 0.3) is 33.8 Å². The zero-order valence-electron chi connectivity index (χ0n) is 20.4. The minimum atomic E-state index is 0.155. The first-order chi connectivity index (χ1) is 18.5. The molecule has 0 aliphatic rings. The zero-order valence-corrected chi connectivity index (χ0v) is 21.9. The summed E-state index contributed by atoms with van der Waals surface area (Å²) in [5, 5.41) is 11.2. The number of nitrogens with zero attached hydrogens (tertiary/aromatic N) is 2. The van der Waals surface area contributed by atoms with Crippen LogP contribution in [-0.2, 0) is 0 Å². The summed E-state index contributed by atoms with van der Waals surface area (Å²) in [5.41, 5.74) is 3.14. The molecular formula is C30H20Cl2N2O4. The van der Waals surface area contributed by atoms with E-state index in [-0.39, 0.29) is 5.88 Å². The minimum absolute atomic E-state index is 0.155. The number of hydrogen-bond acceptors (Lipinski definition) is 6. The summed E-state index contributed by atoms with van der Waals surface area (Å²) in [6, 6.07) is 25.7. The molecule has 0 saturated heterocycles. The van der Waals surface area contributed by atoms with Crippen LogP contribution in [0.2, 0.25) is 10.0 Å². The Balaban J connectivity index is 1.57. The third-order valence-electron chi connectivity index (χ3n) is 5.86. The molecule has 8 heteroatoms. The van der Waals surface area contributed by atoms with Crippen molar-refractivity contribution in [3.05, 3.63) is 100 Å². The minimum Gasteiger partial charge on any atom is -0.497 e. The maximum atomic E-state index is 10.1. The van der Waals surface area contributed by atoms with Gasteiger partial charge in [0.2, 0.25) is 5.88 Å². The number of nitriles is 1. The lowest BCUT2D eigenvalue weighted by Gasteiger charge is -2.06. The Hall–Kier alpha value is -4.44. The molecule has 0 amide bonds. The van der Waals surface area contributed by atoms with Gasteiger partial charge in [-0.3, -0.25) is 0 Å². The maximum absolute atomic E-state index is 10.1. The summed E-state index contributed by atoms with van der Waals surface area (Å²) in [6.45, 7) is 0. The highest BCUT2D eigenvalue weighted by Crippen LogP contribution is 2.43. The quantitative estimate of drug-likeness (QED) is 0.192. The second-order valence-electron chi connectivity index (χ2n) is 8.14. The number of hydrogen-bond donors (Lipinski definition) is 0. The van der Waals surface area contributed by atoms with Crippen molar-refractivity contribution in [3.8, 4) is 51.3 Å². The van der Waals surface area contributed by atoms with Gasteiger partial charge in [0.15, 0.2) is 0 Å². The summed E-state index contributed by atoms with van der Waals surface area (Å²) in [6.07, 6.45) is 1.50. The Labute approximate surface area is 229 Å². The molecule has 38 heavy (non-hydrogen) atoms. The van der Waals surface area contributed by atoms with Gasteiger partial charge in [-0.2, -0.15) is 5.26 Å². The molecule has 0 atom stereocenters. The molecular weight excluding hydrogens is 523 g/mol. The van der Waals surface area contributed by atoms with Crippen molar-refractivity contribution in [3.63, 3.8) is 0 Å². The molecule has 3 aromatic carbocycles. The summed E-state index contributed by atoms with van der Waals surface area (Å²) in [5.74, 6) is 3.06. The Bertz CT molecular complexity index is 1660. The van der Waals surface area contributed by atoms with Crippen LogP contribution in [0.4, 0.5) is 5.88 Å². The van der Waals surface area contributed by atoms with Crippen molar-refractivity contribution in [1.82, 2.24) is 0 Å². The van der Waals surface area contributed by atoms with E-state index in [4.69, 9.17) is 41.5 Å². The predicted molar refractivity (Wildman–Crippen MR) is 149 cm³/mol. The average molecular weight is 543 g/mol. The molecule has 6 nitrogen and oxygen atoms in total. The maximum Gasteiger partial charge on any atom is 0.238 e. The van der Waals surface area contributed by atoms with E-state index in [2.05, 4.69) is 11.1 Å². The van der Waals surface area contributed by atoms with Gasteiger partial charge in [-0.1, -0.05) is 35.3 Å². The largest absolute Gasteiger partial charge is 0.497 e. The smallest absolute Gasteiger partial charge is 0.238 e. The SMILES string of the molecule is COc1ccc(-c2oc(/N=C/c3ccc(-c4cc(Cl)ccc4Cl)o3)c(C#N)c2-c2ccc(OC)cc2)cc1. The van der Waals surface area contributed by atoms with Gasteiger partial charge in [0.1, 0.15) is 40.4 Å².